The number of aromatic nitrogens is 1. The summed E-state index contributed by atoms with van der Waals surface area (Å²) in [6, 6.07) is 21.4. The zero-order valence-corrected chi connectivity index (χ0v) is 22.6. The molecule has 0 radical (unpaired) electrons. The number of hydrogen-bond acceptors (Lipinski definition) is 2. The summed E-state index contributed by atoms with van der Waals surface area (Å²) in [7, 11) is -3.88. The monoisotopic (exact) mass is 519 g/mol. The van der Waals surface area contributed by atoms with E-state index < -0.39 is 7.25 Å². The molecule has 0 N–H and O–H groups in total. The molecule has 8 heteroatoms. The predicted octanol–water partition coefficient (Wildman–Crippen LogP) is 8.30. The third kappa shape index (κ3) is 11.3. The van der Waals surface area contributed by atoms with E-state index in [0.717, 1.165) is 37.6 Å². The van der Waals surface area contributed by atoms with Crippen LogP contribution >= 0.6 is 0 Å². The maximum atomic E-state index is 9.75. The lowest BCUT2D eigenvalue weighted by Gasteiger charge is -2.11. The summed E-state index contributed by atoms with van der Waals surface area (Å²) in [5.74, 6) is 3.17. The fourth-order valence-corrected chi connectivity index (χ4v) is 3.53. The Labute approximate surface area is 218 Å². The van der Waals surface area contributed by atoms with Crippen molar-refractivity contribution in [1.29, 1.82) is 0 Å². The van der Waals surface area contributed by atoms with Gasteiger partial charge in [-0.2, -0.15) is 4.57 Å². The van der Waals surface area contributed by atoms with Gasteiger partial charge >= 0.3 is 7.25 Å². The first kappa shape index (κ1) is 30.2. The Balaban J connectivity index is 0.000000877. The molecule has 3 rings (SSSR count). The first-order chi connectivity index (χ1) is 17.3. The van der Waals surface area contributed by atoms with Crippen molar-refractivity contribution >= 4 is 7.25 Å². The Bertz CT molecular complexity index is 1090. The number of hydrogen-bond donors (Lipinski definition) is 0. The van der Waals surface area contributed by atoms with Crippen molar-refractivity contribution in [3.8, 4) is 33.9 Å². The Kier molecular flexibility index (Phi) is 11.5. The molecule has 0 bridgehead atoms. The molecule has 0 unspecified atom stereocenters. The number of halogens is 4. The van der Waals surface area contributed by atoms with Gasteiger partial charge in [0.05, 0.1) is 13.2 Å². The minimum absolute atomic E-state index is 0.653. The Morgan fingerprint density at radius 2 is 1.08 bits per heavy atom. The van der Waals surface area contributed by atoms with Crippen LogP contribution in [0.15, 0.2) is 60.7 Å². The molecule has 0 saturated carbocycles. The smallest absolute Gasteiger partial charge is 0.494 e. The first-order valence-electron chi connectivity index (χ1n) is 12.7. The van der Waals surface area contributed by atoms with E-state index in [1.54, 1.807) is 0 Å². The Hall–Kier alpha value is -3.03. The molecule has 0 amide bonds. The zero-order chi connectivity index (χ0) is 27.6. The highest BCUT2D eigenvalue weighted by Crippen LogP contribution is 2.28. The fraction of sp³-hybridized carbons (Fsp3) is 0.414. The number of benzene rings is 2. The number of rotatable bonds is 10. The van der Waals surface area contributed by atoms with E-state index in [-0.39, 0.29) is 0 Å². The second kappa shape index (κ2) is 14.1. The molecule has 3 aromatic rings. The summed E-state index contributed by atoms with van der Waals surface area (Å²) in [6.45, 7) is 12.5. The van der Waals surface area contributed by atoms with E-state index in [0.29, 0.717) is 11.8 Å². The predicted molar refractivity (Wildman–Crippen MR) is 143 cm³/mol. The summed E-state index contributed by atoms with van der Waals surface area (Å²) in [5, 5.41) is 0. The molecule has 0 fully saturated rings. The molecule has 1 heterocycles. The van der Waals surface area contributed by atoms with Crippen LogP contribution in [0.25, 0.3) is 22.4 Å². The molecule has 1 aromatic heterocycles. The minimum Gasteiger partial charge on any atom is -0.494 e. The molecule has 2 aromatic carbocycles. The second-order valence-corrected chi connectivity index (χ2v) is 9.94. The highest BCUT2D eigenvalue weighted by Gasteiger charge is 2.20. The third-order valence-electron chi connectivity index (χ3n) is 5.81. The van der Waals surface area contributed by atoms with Crippen molar-refractivity contribution < 1.29 is 31.3 Å². The molecule has 0 spiro atoms. The van der Waals surface area contributed by atoms with E-state index >= 15 is 0 Å². The lowest BCUT2D eigenvalue weighted by atomic mass is 10.0. The van der Waals surface area contributed by atoms with Crippen LogP contribution in [0.4, 0.5) is 17.3 Å². The van der Waals surface area contributed by atoms with Gasteiger partial charge in [-0.25, -0.2) is 0 Å². The number of pyridine rings is 1. The highest BCUT2D eigenvalue weighted by atomic mass is 19.5. The molecule has 3 nitrogen and oxygen atoms in total. The highest BCUT2D eigenvalue weighted by molar-refractivity contribution is 6.50. The summed E-state index contributed by atoms with van der Waals surface area (Å²) < 4.78 is 53.0. The van der Waals surface area contributed by atoms with Gasteiger partial charge in [0.25, 0.3) is 0 Å². The van der Waals surface area contributed by atoms with Crippen molar-refractivity contribution in [3.63, 3.8) is 0 Å². The fourth-order valence-electron chi connectivity index (χ4n) is 3.53. The maximum Gasteiger partial charge on any atom is 0.673 e. The van der Waals surface area contributed by atoms with E-state index in [2.05, 4.69) is 107 Å². The van der Waals surface area contributed by atoms with Crippen LogP contribution in [-0.4, -0.2) is 20.5 Å². The molecule has 0 aliphatic carbocycles. The van der Waals surface area contributed by atoms with Crippen LogP contribution in [0.1, 0.15) is 46.2 Å². The Morgan fingerprint density at radius 3 is 1.49 bits per heavy atom. The van der Waals surface area contributed by atoms with Crippen LogP contribution in [0.3, 0.4) is 0 Å². The lowest BCUT2D eigenvalue weighted by molar-refractivity contribution is -0.666. The lowest BCUT2D eigenvalue weighted by Crippen LogP contribution is -2.34. The average molecular weight is 519 g/mol. The standard InChI is InChI=1S/C29H38NO2.BF4/c1-21(2)15-17-31-27-11-7-24(8-12-27)26-19-23(5)30(6)29(20-26)25-9-13-28(14-10-25)32-18-16-22(3)4;2-1(3,4)5/h7-14,19-22H,15-18H2,1-6H3;/q+1;-1. The van der Waals surface area contributed by atoms with Crippen molar-refractivity contribution in [2.45, 2.75) is 47.5 Å². The molecule has 0 atom stereocenters. The summed E-state index contributed by atoms with van der Waals surface area (Å²) in [5.41, 5.74) is 5.99. The van der Waals surface area contributed by atoms with E-state index in [4.69, 9.17) is 9.47 Å². The van der Waals surface area contributed by atoms with Crippen LogP contribution in [0.2, 0.25) is 0 Å². The van der Waals surface area contributed by atoms with E-state index in [1.807, 2.05) is 0 Å². The summed E-state index contributed by atoms with van der Waals surface area (Å²) >= 11 is 0. The molecule has 37 heavy (non-hydrogen) atoms. The van der Waals surface area contributed by atoms with Gasteiger partial charge in [0.15, 0.2) is 5.69 Å². The number of nitrogens with zero attached hydrogens (tertiary/aromatic N) is 1. The SMILES string of the molecule is Cc1cc(-c2ccc(OCCC(C)C)cc2)cc(-c2ccc(OCCC(C)C)cc2)[n+]1C.F[B-](F)(F)F. The third-order valence-corrected chi connectivity index (χ3v) is 5.81. The van der Waals surface area contributed by atoms with Crippen LogP contribution in [-0.2, 0) is 7.05 Å². The van der Waals surface area contributed by atoms with E-state index in [1.165, 1.54) is 28.1 Å². The van der Waals surface area contributed by atoms with Gasteiger partial charge in [0.2, 0.25) is 5.69 Å². The molecular weight excluding hydrogens is 481 g/mol. The van der Waals surface area contributed by atoms with Crippen LogP contribution in [0, 0.1) is 18.8 Å². The van der Waals surface area contributed by atoms with E-state index in [9.17, 15) is 17.3 Å². The van der Waals surface area contributed by atoms with Gasteiger partial charge in [-0.3, -0.25) is 0 Å². The van der Waals surface area contributed by atoms with Crippen LogP contribution < -0.4 is 14.0 Å². The average Bonchev–Trinajstić information content (AvgIpc) is 2.80. The van der Waals surface area contributed by atoms with Crippen molar-refractivity contribution in [2.24, 2.45) is 18.9 Å². The maximum absolute atomic E-state index is 9.75. The molecule has 0 saturated heterocycles. The normalized spacial score (nSPS) is 11.4. The van der Waals surface area contributed by atoms with Gasteiger partial charge in [0, 0.05) is 24.6 Å². The quantitative estimate of drug-likeness (QED) is 0.153. The number of aryl methyl sites for hydroxylation is 1. The zero-order valence-electron chi connectivity index (χ0n) is 22.6. The van der Waals surface area contributed by atoms with Crippen molar-refractivity contribution in [2.75, 3.05) is 13.2 Å². The Morgan fingerprint density at radius 1 is 0.676 bits per heavy atom. The first-order valence-corrected chi connectivity index (χ1v) is 12.7. The molecule has 0 aliphatic rings. The van der Waals surface area contributed by atoms with Crippen molar-refractivity contribution in [1.82, 2.24) is 0 Å². The van der Waals surface area contributed by atoms with Gasteiger partial charge in [0.1, 0.15) is 18.5 Å². The van der Waals surface area contributed by atoms with Gasteiger partial charge in [-0.15, -0.1) is 0 Å². The van der Waals surface area contributed by atoms with Crippen molar-refractivity contribution in [3.05, 3.63) is 66.4 Å². The molecule has 0 aliphatic heterocycles. The largest absolute Gasteiger partial charge is 0.673 e. The minimum atomic E-state index is -6.00. The van der Waals surface area contributed by atoms with Gasteiger partial charge in [-0.1, -0.05) is 39.8 Å². The van der Waals surface area contributed by atoms with Gasteiger partial charge in [-0.05, 0) is 72.2 Å². The summed E-state index contributed by atoms with van der Waals surface area (Å²) in [6.07, 6.45) is 2.14. The van der Waals surface area contributed by atoms with Crippen LogP contribution in [0.5, 0.6) is 11.5 Å². The number of ether oxygens (including phenoxy) is 2. The van der Waals surface area contributed by atoms with Gasteiger partial charge < -0.3 is 26.7 Å². The second-order valence-electron chi connectivity index (χ2n) is 9.94. The molecular formula is C29H38BF4NO2. The molecule has 202 valence electrons. The topological polar surface area (TPSA) is 22.3 Å². The summed E-state index contributed by atoms with van der Waals surface area (Å²) in [4.78, 5) is 0.